The monoisotopic (exact) mass is 225 g/mol. The van der Waals surface area contributed by atoms with Crippen LogP contribution in [0.15, 0.2) is 10.5 Å². The third-order valence-corrected chi connectivity index (χ3v) is 2.71. The zero-order valence-electron chi connectivity index (χ0n) is 9.56. The van der Waals surface area contributed by atoms with Gasteiger partial charge >= 0.3 is 5.97 Å². The maximum atomic E-state index is 10.8. The van der Waals surface area contributed by atoms with Crippen LogP contribution in [0.4, 0.5) is 5.88 Å². The van der Waals surface area contributed by atoms with Gasteiger partial charge in [-0.3, -0.25) is 0 Å². The number of ether oxygens (including phenoxy) is 1. The van der Waals surface area contributed by atoms with E-state index in [1.54, 1.807) is 0 Å². The molecule has 0 aromatic carbocycles. The highest BCUT2D eigenvalue weighted by molar-refractivity contribution is 5.86. The van der Waals surface area contributed by atoms with Crippen LogP contribution in [0.25, 0.3) is 0 Å². The van der Waals surface area contributed by atoms with Gasteiger partial charge in [-0.1, -0.05) is 13.8 Å². The van der Waals surface area contributed by atoms with E-state index in [0.29, 0.717) is 24.1 Å². The second-order valence-electron chi connectivity index (χ2n) is 4.37. The van der Waals surface area contributed by atoms with Crippen molar-refractivity contribution in [2.24, 2.45) is 5.92 Å². The first-order chi connectivity index (χ1) is 7.49. The van der Waals surface area contributed by atoms with E-state index in [2.05, 4.69) is 13.8 Å². The van der Waals surface area contributed by atoms with Crippen molar-refractivity contribution in [2.75, 3.05) is 18.5 Å². The minimum Gasteiger partial charge on any atom is -0.483 e. The van der Waals surface area contributed by atoms with E-state index >= 15 is 0 Å². The Kier molecular flexibility index (Phi) is 2.53. The first-order valence-electron chi connectivity index (χ1n) is 5.24. The van der Waals surface area contributed by atoms with Gasteiger partial charge < -0.3 is 19.2 Å². The summed E-state index contributed by atoms with van der Waals surface area (Å²) in [5, 5.41) is 8.83. The molecule has 88 valence electrons. The van der Waals surface area contributed by atoms with Crippen LogP contribution in [0, 0.1) is 5.92 Å². The number of hydrogen-bond donors (Lipinski definition) is 1. The van der Waals surface area contributed by atoms with Crippen molar-refractivity contribution in [3.63, 3.8) is 0 Å². The fraction of sp³-hybridized carbons (Fsp3) is 0.545. The summed E-state index contributed by atoms with van der Waals surface area (Å²) in [5.41, 5.74) is 0. The molecule has 1 N–H and O–H groups in total. The molecular formula is C11H15NO4. The molecule has 5 heteroatoms. The van der Waals surface area contributed by atoms with Crippen molar-refractivity contribution in [2.45, 2.75) is 20.0 Å². The standard InChI is InChI=1S/C11H15NO4/c1-6(2)9-5-12(3)10-7(15-9)4-8(16-10)11(13)14/h4,6,9H,5H2,1-3H3,(H,13,14). The van der Waals surface area contributed by atoms with Gasteiger partial charge in [0.05, 0.1) is 6.54 Å². The Morgan fingerprint density at radius 1 is 1.62 bits per heavy atom. The number of fused-ring (bicyclic) bond motifs is 1. The van der Waals surface area contributed by atoms with E-state index in [1.165, 1.54) is 6.07 Å². The van der Waals surface area contributed by atoms with Gasteiger partial charge in [0.15, 0.2) is 5.75 Å². The van der Waals surface area contributed by atoms with Crippen LogP contribution < -0.4 is 9.64 Å². The predicted octanol–water partition coefficient (Wildman–Crippen LogP) is 1.83. The van der Waals surface area contributed by atoms with Gasteiger partial charge in [0, 0.05) is 13.1 Å². The lowest BCUT2D eigenvalue weighted by atomic mass is 10.1. The van der Waals surface area contributed by atoms with Crippen LogP contribution in [-0.2, 0) is 0 Å². The number of furan rings is 1. The van der Waals surface area contributed by atoms with E-state index in [9.17, 15) is 4.79 Å². The quantitative estimate of drug-likeness (QED) is 0.831. The Morgan fingerprint density at radius 2 is 2.31 bits per heavy atom. The van der Waals surface area contributed by atoms with E-state index in [1.807, 2.05) is 11.9 Å². The topological polar surface area (TPSA) is 62.9 Å². The number of rotatable bonds is 2. The van der Waals surface area contributed by atoms with Gasteiger partial charge in [0.1, 0.15) is 6.10 Å². The lowest BCUT2D eigenvalue weighted by Crippen LogP contribution is -2.40. The second-order valence-corrected chi connectivity index (χ2v) is 4.37. The molecular weight excluding hydrogens is 210 g/mol. The van der Waals surface area contributed by atoms with Crippen LogP contribution in [0.3, 0.4) is 0 Å². The average Bonchev–Trinajstić information content (AvgIpc) is 2.61. The van der Waals surface area contributed by atoms with Crippen molar-refractivity contribution in [3.8, 4) is 5.75 Å². The maximum absolute atomic E-state index is 10.8. The van der Waals surface area contributed by atoms with Gasteiger partial charge in [-0.25, -0.2) is 4.79 Å². The molecule has 0 bridgehead atoms. The van der Waals surface area contributed by atoms with E-state index in [0.717, 1.165) is 0 Å². The van der Waals surface area contributed by atoms with Gasteiger partial charge in [-0.2, -0.15) is 0 Å². The van der Waals surface area contributed by atoms with Crippen molar-refractivity contribution in [1.82, 2.24) is 0 Å². The normalized spacial score (nSPS) is 19.5. The van der Waals surface area contributed by atoms with Crippen molar-refractivity contribution in [1.29, 1.82) is 0 Å². The molecule has 0 saturated heterocycles. The third kappa shape index (κ3) is 1.73. The third-order valence-electron chi connectivity index (χ3n) is 2.71. The van der Waals surface area contributed by atoms with E-state index < -0.39 is 5.97 Å². The highest BCUT2D eigenvalue weighted by Crippen LogP contribution is 2.37. The minimum absolute atomic E-state index is 0.0664. The van der Waals surface area contributed by atoms with Crippen LogP contribution in [0.2, 0.25) is 0 Å². The fourth-order valence-corrected chi connectivity index (χ4v) is 1.72. The molecule has 1 aliphatic rings. The molecule has 0 aliphatic carbocycles. The average molecular weight is 225 g/mol. The summed E-state index contributed by atoms with van der Waals surface area (Å²) in [5.74, 6) is 0.228. The number of likely N-dealkylation sites (N-methyl/N-ethyl adjacent to an activating group) is 1. The number of carboxylic acid groups (broad SMARTS) is 1. The van der Waals surface area contributed by atoms with Crippen LogP contribution in [0.1, 0.15) is 24.4 Å². The largest absolute Gasteiger partial charge is 0.483 e. The van der Waals surface area contributed by atoms with Crippen LogP contribution in [-0.4, -0.2) is 30.8 Å². The summed E-state index contributed by atoms with van der Waals surface area (Å²) < 4.78 is 10.9. The Labute approximate surface area is 93.6 Å². The zero-order chi connectivity index (χ0) is 11.9. The summed E-state index contributed by atoms with van der Waals surface area (Å²) in [6, 6.07) is 1.43. The summed E-state index contributed by atoms with van der Waals surface area (Å²) >= 11 is 0. The molecule has 2 heterocycles. The van der Waals surface area contributed by atoms with Gasteiger partial charge in [-0.05, 0) is 5.92 Å². The zero-order valence-corrected chi connectivity index (χ0v) is 9.56. The number of nitrogens with zero attached hydrogens (tertiary/aromatic N) is 1. The molecule has 0 amide bonds. The molecule has 1 aromatic rings. The van der Waals surface area contributed by atoms with Gasteiger partial charge in [0.25, 0.3) is 0 Å². The molecule has 1 atom stereocenters. The summed E-state index contributed by atoms with van der Waals surface area (Å²) in [6.45, 7) is 4.85. The summed E-state index contributed by atoms with van der Waals surface area (Å²) in [7, 11) is 1.87. The van der Waals surface area contributed by atoms with Crippen molar-refractivity contribution >= 4 is 11.9 Å². The van der Waals surface area contributed by atoms with E-state index in [4.69, 9.17) is 14.3 Å². The van der Waals surface area contributed by atoms with Gasteiger partial charge in [-0.15, -0.1) is 0 Å². The Morgan fingerprint density at radius 3 is 2.88 bits per heavy atom. The predicted molar refractivity (Wildman–Crippen MR) is 58.2 cm³/mol. The molecule has 0 saturated carbocycles. The first-order valence-corrected chi connectivity index (χ1v) is 5.24. The van der Waals surface area contributed by atoms with Crippen molar-refractivity contribution in [3.05, 3.63) is 11.8 Å². The summed E-state index contributed by atoms with van der Waals surface area (Å²) in [4.78, 5) is 12.7. The molecule has 1 aromatic heterocycles. The number of aromatic carboxylic acids is 1. The van der Waals surface area contributed by atoms with Crippen molar-refractivity contribution < 1.29 is 19.1 Å². The highest BCUT2D eigenvalue weighted by Gasteiger charge is 2.30. The lowest BCUT2D eigenvalue weighted by molar-refractivity contribution is 0.0663. The Bertz CT molecular complexity index is 410. The molecule has 0 spiro atoms. The molecule has 1 unspecified atom stereocenters. The lowest BCUT2D eigenvalue weighted by Gasteiger charge is -2.32. The maximum Gasteiger partial charge on any atom is 0.372 e. The number of carbonyl (C=O) groups is 1. The number of carboxylic acids is 1. The molecule has 1 aliphatic heterocycles. The van der Waals surface area contributed by atoms with Gasteiger partial charge in [0.2, 0.25) is 11.6 Å². The van der Waals surface area contributed by atoms with Crippen LogP contribution >= 0.6 is 0 Å². The molecule has 5 nitrogen and oxygen atoms in total. The van der Waals surface area contributed by atoms with Crippen LogP contribution in [0.5, 0.6) is 5.75 Å². The second kappa shape index (κ2) is 3.73. The fourth-order valence-electron chi connectivity index (χ4n) is 1.72. The smallest absolute Gasteiger partial charge is 0.372 e. The minimum atomic E-state index is -1.08. The Balaban J connectivity index is 2.32. The molecule has 16 heavy (non-hydrogen) atoms. The summed E-state index contributed by atoms with van der Waals surface area (Å²) in [6.07, 6.45) is 0.0664. The number of anilines is 1. The molecule has 2 rings (SSSR count). The SMILES string of the molecule is CC(C)C1CN(C)c2oc(C(=O)O)cc2O1. The van der Waals surface area contributed by atoms with E-state index in [-0.39, 0.29) is 11.9 Å². The molecule has 0 fully saturated rings. The number of hydrogen-bond acceptors (Lipinski definition) is 4. The first kappa shape index (κ1) is 10.9. The molecule has 0 radical (unpaired) electrons. The highest BCUT2D eigenvalue weighted by atomic mass is 16.5. The Hall–Kier alpha value is -1.65.